The van der Waals surface area contributed by atoms with Gasteiger partial charge in [0.1, 0.15) is 5.75 Å². The number of aliphatic hydroxyl groups is 1. The molecule has 0 aliphatic rings. The molecule has 0 aromatic heterocycles. The van der Waals surface area contributed by atoms with E-state index in [-0.39, 0.29) is 16.7 Å². The minimum Gasteiger partial charge on any atom is -0.405 e. The van der Waals surface area contributed by atoms with Gasteiger partial charge in [0.15, 0.2) is 0 Å². The molecule has 0 aliphatic heterocycles. The molecule has 2 aromatic carbocycles. The van der Waals surface area contributed by atoms with E-state index in [1.807, 2.05) is 0 Å². The SMILES string of the molecule is OCc1ccc(-c2ccc(C(F)(F)F)cc2)cc1OC(F)(F)F. The maximum atomic E-state index is 12.5. The summed E-state index contributed by atoms with van der Waals surface area (Å²) < 4.78 is 78.4. The minimum absolute atomic E-state index is 0.0852. The Morgan fingerprint density at radius 1 is 0.826 bits per heavy atom. The number of ether oxygens (including phenoxy) is 1. The standard InChI is InChI=1S/C15H10F6O2/c16-14(17,18)12-5-3-9(4-6-12)10-1-2-11(8-22)13(7-10)23-15(19,20)21/h1-7,22H,8H2. The molecule has 0 radical (unpaired) electrons. The highest BCUT2D eigenvalue weighted by atomic mass is 19.4. The summed E-state index contributed by atoms with van der Waals surface area (Å²) in [5, 5.41) is 9.03. The number of rotatable bonds is 3. The molecule has 1 N–H and O–H groups in total. The van der Waals surface area contributed by atoms with Gasteiger partial charge in [-0.05, 0) is 29.3 Å². The van der Waals surface area contributed by atoms with Gasteiger partial charge in [-0.2, -0.15) is 13.2 Å². The summed E-state index contributed by atoms with van der Waals surface area (Å²) in [4.78, 5) is 0. The zero-order valence-electron chi connectivity index (χ0n) is 11.4. The Bertz CT molecular complexity index is 674. The van der Waals surface area contributed by atoms with Crippen molar-refractivity contribution in [3.63, 3.8) is 0 Å². The van der Waals surface area contributed by atoms with Crippen molar-refractivity contribution >= 4 is 0 Å². The summed E-state index contributed by atoms with van der Waals surface area (Å²) >= 11 is 0. The van der Waals surface area contributed by atoms with Crippen LogP contribution >= 0.6 is 0 Å². The molecule has 2 aromatic rings. The smallest absolute Gasteiger partial charge is 0.405 e. The van der Waals surface area contributed by atoms with Crippen LogP contribution in [0, 0.1) is 0 Å². The predicted octanol–water partition coefficient (Wildman–Crippen LogP) is 4.76. The maximum Gasteiger partial charge on any atom is 0.573 e. The van der Waals surface area contributed by atoms with Gasteiger partial charge in [-0.1, -0.05) is 24.3 Å². The highest BCUT2D eigenvalue weighted by Crippen LogP contribution is 2.34. The van der Waals surface area contributed by atoms with Crippen LogP contribution in [-0.4, -0.2) is 11.5 Å². The molecular weight excluding hydrogens is 326 g/mol. The Labute approximate surface area is 126 Å². The second-order valence-corrected chi connectivity index (χ2v) is 4.60. The fraction of sp³-hybridized carbons (Fsp3) is 0.200. The fourth-order valence-corrected chi connectivity index (χ4v) is 1.94. The minimum atomic E-state index is -4.94. The van der Waals surface area contributed by atoms with Gasteiger partial charge in [-0.25, -0.2) is 0 Å². The van der Waals surface area contributed by atoms with Crippen LogP contribution in [0.3, 0.4) is 0 Å². The Morgan fingerprint density at radius 3 is 1.87 bits per heavy atom. The van der Waals surface area contributed by atoms with E-state index in [9.17, 15) is 26.3 Å². The van der Waals surface area contributed by atoms with Gasteiger partial charge in [0, 0.05) is 5.56 Å². The molecule has 0 amide bonds. The van der Waals surface area contributed by atoms with Crippen LogP contribution < -0.4 is 4.74 Å². The average Bonchev–Trinajstić information content (AvgIpc) is 2.45. The van der Waals surface area contributed by atoms with Crippen LogP contribution in [0.2, 0.25) is 0 Å². The predicted molar refractivity (Wildman–Crippen MR) is 69.5 cm³/mol. The number of benzene rings is 2. The van der Waals surface area contributed by atoms with E-state index >= 15 is 0 Å². The van der Waals surface area contributed by atoms with Crippen molar-refractivity contribution in [3.8, 4) is 16.9 Å². The van der Waals surface area contributed by atoms with E-state index in [2.05, 4.69) is 4.74 Å². The third-order valence-corrected chi connectivity index (χ3v) is 3.01. The van der Waals surface area contributed by atoms with Gasteiger partial charge >= 0.3 is 12.5 Å². The van der Waals surface area contributed by atoms with Gasteiger partial charge in [-0.3, -0.25) is 0 Å². The lowest BCUT2D eigenvalue weighted by molar-refractivity contribution is -0.275. The highest BCUT2D eigenvalue weighted by Gasteiger charge is 2.32. The molecule has 0 saturated heterocycles. The number of aliphatic hydroxyl groups excluding tert-OH is 1. The van der Waals surface area contributed by atoms with E-state index < -0.39 is 30.5 Å². The first-order valence-corrected chi connectivity index (χ1v) is 6.27. The molecule has 0 unspecified atom stereocenters. The van der Waals surface area contributed by atoms with E-state index in [1.165, 1.54) is 12.1 Å². The molecule has 0 fully saturated rings. The summed E-state index contributed by atoms with van der Waals surface area (Å²) in [6.45, 7) is -0.668. The first-order chi connectivity index (χ1) is 10.6. The zero-order valence-corrected chi connectivity index (χ0v) is 11.4. The van der Waals surface area contributed by atoms with Gasteiger partial charge in [0.05, 0.1) is 12.2 Å². The fourth-order valence-electron chi connectivity index (χ4n) is 1.94. The first kappa shape index (κ1) is 17.1. The Hall–Kier alpha value is -2.22. The summed E-state index contributed by atoms with van der Waals surface area (Å²) in [7, 11) is 0. The van der Waals surface area contributed by atoms with Gasteiger partial charge in [0.2, 0.25) is 0 Å². The molecule has 0 atom stereocenters. The molecule has 23 heavy (non-hydrogen) atoms. The average molecular weight is 336 g/mol. The quantitative estimate of drug-likeness (QED) is 0.819. The van der Waals surface area contributed by atoms with Crippen molar-refractivity contribution < 1.29 is 36.2 Å². The molecule has 0 aliphatic carbocycles. The molecule has 2 nitrogen and oxygen atoms in total. The lowest BCUT2D eigenvalue weighted by Crippen LogP contribution is -2.18. The third kappa shape index (κ3) is 4.38. The normalized spacial score (nSPS) is 12.3. The topological polar surface area (TPSA) is 29.5 Å². The molecular formula is C15H10F6O2. The highest BCUT2D eigenvalue weighted by molar-refractivity contribution is 5.66. The second-order valence-electron chi connectivity index (χ2n) is 4.60. The van der Waals surface area contributed by atoms with Crippen molar-refractivity contribution in [3.05, 3.63) is 53.6 Å². The van der Waals surface area contributed by atoms with Crippen LogP contribution in [0.1, 0.15) is 11.1 Å². The summed E-state index contributed by atoms with van der Waals surface area (Å²) in [6, 6.07) is 7.58. The molecule has 8 heteroatoms. The Balaban J connectivity index is 2.38. The molecule has 0 saturated carbocycles. The van der Waals surface area contributed by atoms with Crippen LogP contribution in [-0.2, 0) is 12.8 Å². The van der Waals surface area contributed by atoms with Crippen molar-refractivity contribution in [2.45, 2.75) is 19.1 Å². The van der Waals surface area contributed by atoms with Crippen LogP contribution in [0.25, 0.3) is 11.1 Å². The van der Waals surface area contributed by atoms with E-state index in [4.69, 9.17) is 5.11 Å². The zero-order chi connectivity index (χ0) is 17.3. The van der Waals surface area contributed by atoms with Gasteiger partial charge in [0.25, 0.3) is 0 Å². The summed E-state index contributed by atoms with van der Waals surface area (Å²) in [5.74, 6) is -0.600. The van der Waals surface area contributed by atoms with Crippen LogP contribution in [0.15, 0.2) is 42.5 Å². The number of halogens is 6. The molecule has 2 rings (SSSR count). The van der Waals surface area contributed by atoms with Crippen molar-refractivity contribution in [2.75, 3.05) is 0 Å². The monoisotopic (exact) mass is 336 g/mol. The van der Waals surface area contributed by atoms with E-state index in [0.29, 0.717) is 0 Å². The molecule has 0 heterocycles. The van der Waals surface area contributed by atoms with Crippen molar-refractivity contribution in [1.82, 2.24) is 0 Å². The Kier molecular flexibility index (Phi) is 4.56. The lowest BCUT2D eigenvalue weighted by Gasteiger charge is -2.14. The summed E-state index contributed by atoms with van der Waals surface area (Å²) in [6.07, 6.45) is -9.44. The van der Waals surface area contributed by atoms with Gasteiger partial charge in [-0.15, -0.1) is 13.2 Å². The lowest BCUT2D eigenvalue weighted by atomic mass is 10.0. The number of alkyl halides is 6. The third-order valence-electron chi connectivity index (χ3n) is 3.01. The van der Waals surface area contributed by atoms with Crippen molar-refractivity contribution in [2.24, 2.45) is 0 Å². The van der Waals surface area contributed by atoms with Crippen molar-refractivity contribution in [1.29, 1.82) is 0 Å². The van der Waals surface area contributed by atoms with E-state index in [1.54, 1.807) is 0 Å². The second kappa shape index (κ2) is 6.11. The van der Waals surface area contributed by atoms with Crippen LogP contribution in [0.4, 0.5) is 26.3 Å². The molecule has 124 valence electrons. The van der Waals surface area contributed by atoms with Crippen LogP contribution in [0.5, 0.6) is 5.75 Å². The Morgan fingerprint density at radius 2 is 1.39 bits per heavy atom. The first-order valence-electron chi connectivity index (χ1n) is 6.27. The number of hydrogen-bond acceptors (Lipinski definition) is 2. The number of hydrogen-bond donors (Lipinski definition) is 1. The molecule has 0 bridgehead atoms. The van der Waals surface area contributed by atoms with E-state index in [0.717, 1.165) is 30.3 Å². The largest absolute Gasteiger partial charge is 0.573 e. The summed E-state index contributed by atoms with van der Waals surface area (Å²) in [5.41, 5.74) is -0.428. The van der Waals surface area contributed by atoms with Gasteiger partial charge < -0.3 is 9.84 Å². The molecule has 0 spiro atoms. The maximum absolute atomic E-state index is 12.5.